The summed E-state index contributed by atoms with van der Waals surface area (Å²) < 4.78 is 0. The minimum atomic E-state index is 0.576. The van der Waals surface area contributed by atoms with Gasteiger partial charge in [0, 0.05) is 13.1 Å². The molecule has 0 saturated carbocycles. The van der Waals surface area contributed by atoms with Crippen LogP contribution in [0.25, 0.3) is 0 Å². The average molecular weight is 337 g/mol. The first-order valence-corrected chi connectivity index (χ1v) is 9.04. The lowest BCUT2D eigenvalue weighted by Crippen LogP contribution is -2.11. The smallest absolute Gasteiger partial charge is 0.155 e. The number of rotatable bonds is 7. The van der Waals surface area contributed by atoms with Gasteiger partial charge in [-0.25, -0.2) is 9.97 Å². The first kappa shape index (κ1) is 17.3. The lowest BCUT2D eigenvalue weighted by molar-refractivity contribution is 0.679. The van der Waals surface area contributed by atoms with Crippen LogP contribution in [0.15, 0.2) is 42.2 Å². The maximum absolute atomic E-state index is 6.23. The van der Waals surface area contributed by atoms with E-state index in [2.05, 4.69) is 57.9 Å². The van der Waals surface area contributed by atoms with Crippen molar-refractivity contribution in [3.63, 3.8) is 0 Å². The third-order valence-corrected chi connectivity index (χ3v) is 4.59. The number of nitrogens with two attached hydrogens (primary N) is 1. The second-order valence-corrected chi connectivity index (χ2v) is 6.61. The molecular formula is C20H27N5. The molecule has 0 spiro atoms. The maximum atomic E-state index is 6.23. The van der Waals surface area contributed by atoms with Crippen LogP contribution in [0.2, 0.25) is 0 Å². The number of aromatic nitrogens is 2. The van der Waals surface area contributed by atoms with Gasteiger partial charge in [-0.05, 0) is 44.6 Å². The van der Waals surface area contributed by atoms with Crippen molar-refractivity contribution < 1.29 is 0 Å². The van der Waals surface area contributed by atoms with Crippen LogP contribution < -0.4 is 16.4 Å². The van der Waals surface area contributed by atoms with Crippen molar-refractivity contribution in [2.45, 2.75) is 45.6 Å². The predicted octanol–water partition coefficient (Wildman–Crippen LogP) is 4.28. The topological polar surface area (TPSA) is 75.9 Å². The monoisotopic (exact) mass is 337 g/mol. The Hall–Kier alpha value is -2.56. The normalized spacial score (nSPS) is 14.0. The maximum Gasteiger partial charge on any atom is 0.155 e. The minimum Gasteiger partial charge on any atom is -0.393 e. The van der Waals surface area contributed by atoms with E-state index in [4.69, 9.17) is 5.73 Å². The molecule has 0 atom stereocenters. The molecule has 132 valence electrons. The number of hydrogen-bond acceptors (Lipinski definition) is 5. The highest BCUT2D eigenvalue weighted by atomic mass is 15.1. The highest BCUT2D eigenvalue weighted by Crippen LogP contribution is 2.24. The predicted molar refractivity (Wildman–Crippen MR) is 105 cm³/mol. The number of nitrogens with one attached hydrogen (secondary N) is 2. The number of benzene rings is 1. The zero-order valence-corrected chi connectivity index (χ0v) is 14.9. The van der Waals surface area contributed by atoms with Crippen molar-refractivity contribution in [2.75, 3.05) is 22.9 Å². The van der Waals surface area contributed by atoms with E-state index in [1.807, 2.05) is 0 Å². The van der Waals surface area contributed by atoms with E-state index in [0.717, 1.165) is 13.0 Å². The summed E-state index contributed by atoms with van der Waals surface area (Å²) in [6.07, 6.45) is 10.1. The Balaban J connectivity index is 1.55. The van der Waals surface area contributed by atoms with E-state index in [9.17, 15) is 0 Å². The molecule has 5 heteroatoms. The highest BCUT2D eigenvalue weighted by Gasteiger charge is 2.08. The van der Waals surface area contributed by atoms with Crippen molar-refractivity contribution in [3.8, 4) is 0 Å². The van der Waals surface area contributed by atoms with E-state index in [1.165, 1.54) is 36.8 Å². The van der Waals surface area contributed by atoms with E-state index in [1.54, 1.807) is 11.9 Å². The van der Waals surface area contributed by atoms with Gasteiger partial charge in [-0.2, -0.15) is 0 Å². The lowest BCUT2D eigenvalue weighted by atomic mass is 9.97. The third-order valence-electron chi connectivity index (χ3n) is 4.59. The number of nitrogen functional groups attached to an aromatic ring is 1. The standard InChI is InChI=1S/C20H27N5/c1-15-7-9-17(10-8-15)13-23-20-18(21)19(24-14-25-20)22-12-11-16-5-3-2-4-6-16/h5,7-10,14H,2-4,6,11-13,21H2,1H3,(H2,22,23,24,25). The molecule has 0 unspecified atom stereocenters. The first-order valence-electron chi connectivity index (χ1n) is 9.04. The van der Waals surface area contributed by atoms with Gasteiger partial charge in [0.15, 0.2) is 11.6 Å². The Morgan fingerprint density at radius 3 is 2.52 bits per heavy atom. The SMILES string of the molecule is Cc1ccc(CNc2ncnc(NCCC3=CCCCC3)c2N)cc1. The number of allylic oxidation sites excluding steroid dienone is 1. The fourth-order valence-corrected chi connectivity index (χ4v) is 3.04. The Labute approximate surface area is 149 Å². The van der Waals surface area contributed by atoms with Gasteiger partial charge in [-0.15, -0.1) is 0 Å². The van der Waals surface area contributed by atoms with Gasteiger partial charge < -0.3 is 16.4 Å². The Bertz CT molecular complexity index is 721. The summed E-state index contributed by atoms with van der Waals surface area (Å²) in [4.78, 5) is 8.55. The molecule has 4 N–H and O–H groups in total. The van der Waals surface area contributed by atoms with Gasteiger partial charge in [0.1, 0.15) is 12.0 Å². The summed E-state index contributed by atoms with van der Waals surface area (Å²) >= 11 is 0. The summed E-state index contributed by atoms with van der Waals surface area (Å²) in [6.45, 7) is 3.62. The van der Waals surface area contributed by atoms with Crippen molar-refractivity contribution >= 4 is 17.3 Å². The first-order chi connectivity index (χ1) is 12.2. The van der Waals surface area contributed by atoms with Gasteiger partial charge in [0.2, 0.25) is 0 Å². The Morgan fingerprint density at radius 1 is 1.04 bits per heavy atom. The van der Waals surface area contributed by atoms with Gasteiger partial charge in [-0.1, -0.05) is 41.5 Å². The largest absolute Gasteiger partial charge is 0.393 e. The van der Waals surface area contributed by atoms with Gasteiger partial charge in [0.05, 0.1) is 0 Å². The fraction of sp³-hybridized carbons (Fsp3) is 0.400. The van der Waals surface area contributed by atoms with Crippen molar-refractivity contribution in [3.05, 3.63) is 53.4 Å². The number of hydrogen-bond donors (Lipinski definition) is 3. The van der Waals surface area contributed by atoms with Crippen LogP contribution in [0.1, 0.15) is 43.2 Å². The Kier molecular flexibility index (Phi) is 5.88. The highest BCUT2D eigenvalue weighted by molar-refractivity contribution is 5.74. The molecule has 1 aromatic heterocycles. The zero-order chi connectivity index (χ0) is 17.5. The Morgan fingerprint density at radius 2 is 1.80 bits per heavy atom. The molecule has 0 amide bonds. The molecule has 25 heavy (non-hydrogen) atoms. The summed E-state index contributed by atoms with van der Waals surface area (Å²) in [5, 5.41) is 6.65. The van der Waals surface area contributed by atoms with Crippen LogP contribution in [0.5, 0.6) is 0 Å². The molecule has 0 radical (unpaired) electrons. The lowest BCUT2D eigenvalue weighted by Gasteiger charge is -2.15. The molecular weight excluding hydrogens is 310 g/mol. The molecule has 1 aromatic carbocycles. The molecule has 5 nitrogen and oxygen atoms in total. The molecule has 1 aliphatic rings. The van der Waals surface area contributed by atoms with E-state index in [0.29, 0.717) is 23.9 Å². The van der Waals surface area contributed by atoms with E-state index in [-0.39, 0.29) is 0 Å². The quantitative estimate of drug-likeness (QED) is 0.657. The number of anilines is 3. The zero-order valence-electron chi connectivity index (χ0n) is 14.9. The second-order valence-electron chi connectivity index (χ2n) is 6.61. The molecule has 1 aliphatic carbocycles. The van der Waals surface area contributed by atoms with Gasteiger partial charge >= 0.3 is 0 Å². The molecule has 0 saturated heterocycles. The fourth-order valence-electron chi connectivity index (χ4n) is 3.04. The van der Waals surface area contributed by atoms with Crippen LogP contribution in [0.4, 0.5) is 17.3 Å². The molecule has 0 fully saturated rings. The minimum absolute atomic E-state index is 0.576. The molecule has 3 rings (SSSR count). The van der Waals surface area contributed by atoms with Gasteiger partial charge in [0.25, 0.3) is 0 Å². The third kappa shape index (κ3) is 4.95. The van der Waals surface area contributed by atoms with Crippen LogP contribution in [-0.2, 0) is 6.54 Å². The molecule has 0 aliphatic heterocycles. The molecule has 2 aromatic rings. The van der Waals surface area contributed by atoms with Crippen LogP contribution >= 0.6 is 0 Å². The summed E-state index contributed by atoms with van der Waals surface area (Å²) in [6, 6.07) is 8.42. The van der Waals surface area contributed by atoms with Crippen LogP contribution in [0.3, 0.4) is 0 Å². The van der Waals surface area contributed by atoms with E-state index >= 15 is 0 Å². The second kappa shape index (κ2) is 8.51. The van der Waals surface area contributed by atoms with Crippen LogP contribution in [-0.4, -0.2) is 16.5 Å². The number of nitrogens with zero attached hydrogens (tertiary/aromatic N) is 2. The molecule has 0 bridgehead atoms. The molecule has 1 heterocycles. The summed E-state index contributed by atoms with van der Waals surface area (Å²) in [5.41, 5.74) is 10.8. The summed E-state index contributed by atoms with van der Waals surface area (Å²) in [7, 11) is 0. The average Bonchev–Trinajstić information content (AvgIpc) is 2.64. The van der Waals surface area contributed by atoms with Crippen molar-refractivity contribution in [2.24, 2.45) is 0 Å². The van der Waals surface area contributed by atoms with Gasteiger partial charge in [-0.3, -0.25) is 0 Å². The number of aryl methyl sites for hydroxylation is 1. The van der Waals surface area contributed by atoms with Crippen LogP contribution in [0, 0.1) is 6.92 Å². The van der Waals surface area contributed by atoms with E-state index < -0.39 is 0 Å². The van der Waals surface area contributed by atoms with Crippen molar-refractivity contribution in [1.82, 2.24) is 9.97 Å². The summed E-state index contributed by atoms with van der Waals surface area (Å²) in [5.74, 6) is 1.38. The van der Waals surface area contributed by atoms with Crippen molar-refractivity contribution in [1.29, 1.82) is 0 Å².